The molecule has 1 aromatic carbocycles. The topological polar surface area (TPSA) is 64.0 Å². The molecule has 2 aliphatic rings. The first kappa shape index (κ1) is 13.2. The standard InChI is InChI=1S/C15H20N2O3/c18-13-5-3-4-12(14(13)19)15(20)17-9-6-11(10-17)16-7-1-2-8-16/h3-5,11,18-19H,1-2,6-10H2. The van der Waals surface area contributed by atoms with Crippen molar-refractivity contribution in [1.82, 2.24) is 9.80 Å². The van der Waals surface area contributed by atoms with Crippen LogP contribution in [0.2, 0.25) is 0 Å². The van der Waals surface area contributed by atoms with E-state index in [-0.39, 0.29) is 23.0 Å². The number of amides is 1. The second-order valence-corrected chi connectivity index (χ2v) is 5.61. The number of likely N-dealkylation sites (tertiary alicyclic amines) is 2. The van der Waals surface area contributed by atoms with E-state index in [0.29, 0.717) is 12.6 Å². The predicted octanol–water partition coefficient (Wildman–Crippen LogP) is 1.41. The van der Waals surface area contributed by atoms with Gasteiger partial charge in [-0.05, 0) is 44.5 Å². The van der Waals surface area contributed by atoms with Crippen LogP contribution in [0.1, 0.15) is 29.6 Å². The number of rotatable bonds is 2. The summed E-state index contributed by atoms with van der Waals surface area (Å²) in [6.45, 7) is 3.69. The molecule has 0 bridgehead atoms. The van der Waals surface area contributed by atoms with Gasteiger partial charge in [0.1, 0.15) is 0 Å². The number of hydrogen-bond acceptors (Lipinski definition) is 4. The van der Waals surface area contributed by atoms with Crippen molar-refractivity contribution in [2.45, 2.75) is 25.3 Å². The summed E-state index contributed by atoms with van der Waals surface area (Å²) >= 11 is 0. The van der Waals surface area contributed by atoms with Gasteiger partial charge in [-0.3, -0.25) is 9.69 Å². The van der Waals surface area contributed by atoms with Gasteiger partial charge in [0.05, 0.1) is 5.56 Å². The molecule has 3 rings (SSSR count). The Bertz CT molecular complexity index is 512. The second-order valence-electron chi connectivity index (χ2n) is 5.61. The normalized spacial score (nSPS) is 23.4. The van der Waals surface area contributed by atoms with Crippen molar-refractivity contribution in [3.63, 3.8) is 0 Å². The number of para-hydroxylation sites is 1. The van der Waals surface area contributed by atoms with Crippen molar-refractivity contribution in [3.8, 4) is 11.5 Å². The molecule has 1 atom stereocenters. The summed E-state index contributed by atoms with van der Waals surface area (Å²) < 4.78 is 0. The van der Waals surface area contributed by atoms with Crippen LogP contribution in [0.15, 0.2) is 18.2 Å². The molecule has 2 heterocycles. The average molecular weight is 276 g/mol. The highest BCUT2D eigenvalue weighted by atomic mass is 16.3. The van der Waals surface area contributed by atoms with Gasteiger partial charge in [0.15, 0.2) is 11.5 Å². The molecule has 0 saturated carbocycles. The minimum absolute atomic E-state index is 0.187. The highest BCUT2D eigenvalue weighted by Crippen LogP contribution is 2.30. The SMILES string of the molecule is O=C(c1cccc(O)c1O)N1CCC(N2CCCC2)C1. The van der Waals surface area contributed by atoms with E-state index in [9.17, 15) is 15.0 Å². The van der Waals surface area contributed by atoms with Gasteiger partial charge in [0, 0.05) is 19.1 Å². The van der Waals surface area contributed by atoms with Gasteiger partial charge < -0.3 is 15.1 Å². The van der Waals surface area contributed by atoms with Crippen LogP contribution >= 0.6 is 0 Å². The Hall–Kier alpha value is -1.75. The van der Waals surface area contributed by atoms with Crippen molar-refractivity contribution in [2.24, 2.45) is 0 Å². The van der Waals surface area contributed by atoms with Crippen molar-refractivity contribution in [3.05, 3.63) is 23.8 Å². The number of aromatic hydroxyl groups is 2. The molecule has 0 radical (unpaired) electrons. The van der Waals surface area contributed by atoms with E-state index in [4.69, 9.17) is 0 Å². The lowest BCUT2D eigenvalue weighted by molar-refractivity contribution is 0.0776. The molecule has 0 spiro atoms. The number of nitrogens with zero attached hydrogens (tertiary/aromatic N) is 2. The molecule has 5 heteroatoms. The lowest BCUT2D eigenvalue weighted by Gasteiger charge is -2.23. The molecule has 0 aliphatic carbocycles. The quantitative estimate of drug-likeness (QED) is 0.802. The van der Waals surface area contributed by atoms with Gasteiger partial charge in [-0.1, -0.05) is 6.07 Å². The number of carbonyl (C=O) groups excluding carboxylic acids is 1. The number of benzene rings is 1. The zero-order chi connectivity index (χ0) is 14.1. The number of carbonyl (C=O) groups is 1. The largest absolute Gasteiger partial charge is 0.504 e. The lowest BCUT2D eigenvalue weighted by atomic mass is 10.1. The van der Waals surface area contributed by atoms with Gasteiger partial charge in [0.25, 0.3) is 5.91 Å². The van der Waals surface area contributed by atoms with E-state index in [1.165, 1.54) is 18.9 Å². The first-order valence-electron chi connectivity index (χ1n) is 7.21. The monoisotopic (exact) mass is 276 g/mol. The number of hydrogen-bond donors (Lipinski definition) is 2. The van der Waals surface area contributed by atoms with Gasteiger partial charge in [0.2, 0.25) is 0 Å². The molecule has 2 aliphatic heterocycles. The highest BCUT2D eigenvalue weighted by molar-refractivity contribution is 5.97. The first-order valence-corrected chi connectivity index (χ1v) is 7.21. The third-order valence-electron chi connectivity index (χ3n) is 4.35. The summed E-state index contributed by atoms with van der Waals surface area (Å²) in [4.78, 5) is 16.6. The summed E-state index contributed by atoms with van der Waals surface area (Å²) in [5.74, 6) is -0.756. The molecule has 1 amide bonds. The van der Waals surface area contributed by atoms with E-state index >= 15 is 0 Å². The molecule has 1 aromatic rings. The van der Waals surface area contributed by atoms with Crippen LogP contribution in [0.3, 0.4) is 0 Å². The third kappa shape index (κ3) is 2.33. The smallest absolute Gasteiger partial charge is 0.257 e. The molecule has 20 heavy (non-hydrogen) atoms. The fraction of sp³-hybridized carbons (Fsp3) is 0.533. The van der Waals surface area contributed by atoms with Crippen molar-refractivity contribution in [1.29, 1.82) is 0 Å². The molecule has 108 valence electrons. The summed E-state index contributed by atoms with van der Waals surface area (Å²) in [7, 11) is 0. The van der Waals surface area contributed by atoms with Crippen LogP contribution in [0, 0.1) is 0 Å². The number of phenols is 2. The van der Waals surface area contributed by atoms with Crippen LogP contribution in [0.4, 0.5) is 0 Å². The summed E-state index contributed by atoms with van der Waals surface area (Å²) in [6, 6.07) is 4.96. The van der Waals surface area contributed by atoms with Crippen LogP contribution in [0.5, 0.6) is 11.5 Å². The fourth-order valence-corrected chi connectivity index (χ4v) is 3.21. The summed E-state index contributed by atoms with van der Waals surface area (Å²) in [5.41, 5.74) is 0.187. The average Bonchev–Trinajstić information content (AvgIpc) is 3.11. The van der Waals surface area contributed by atoms with E-state index in [1.54, 1.807) is 17.0 Å². The van der Waals surface area contributed by atoms with Crippen LogP contribution in [-0.4, -0.2) is 58.1 Å². The first-order chi connectivity index (χ1) is 9.66. The maximum atomic E-state index is 12.4. The predicted molar refractivity (Wildman–Crippen MR) is 74.9 cm³/mol. The van der Waals surface area contributed by atoms with Gasteiger partial charge in [-0.25, -0.2) is 0 Å². The lowest BCUT2D eigenvalue weighted by Crippen LogP contribution is -2.37. The van der Waals surface area contributed by atoms with Crippen molar-refractivity contribution >= 4 is 5.91 Å². The van der Waals surface area contributed by atoms with Gasteiger partial charge in [-0.15, -0.1) is 0 Å². The molecule has 5 nitrogen and oxygen atoms in total. The third-order valence-corrected chi connectivity index (χ3v) is 4.35. The zero-order valence-corrected chi connectivity index (χ0v) is 11.5. The van der Waals surface area contributed by atoms with Crippen molar-refractivity contribution < 1.29 is 15.0 Å². The van der Waals surface area contributed by atoms with Crippen LogP contribution in [0.25, 0.3) is 0 Å². The van der Waals surface area contributed by atoms with E-state index in [0.717, 1.165) is 26.1 Å². The molecule has 2 fully saturated rings. The van der Waals surface area contributed by atoms with Gasteiger partial charge in [-0.2, -0.15) is 0 Å². The van der Waals surface area contributed by atoms with Crippen molar-refractivity contribution in [2.75, 3.05) is 26.2 Å². The Morgan fingerprint density at radius 3 is 2.65 bits per heavy atom. The minimum atomic E-state index is -0.317. The maximum absolute atomic E-state index is 12.4. The molecular weight excluding hydrogens is 256 g/mol. The van der Waals surface area contributed by atoms with E-state index in [2.05, 4.69) is 4.90 Å². The van der Waals surface area contributed by atoms with Crippen LogP contribution in [-0.2, 0) is 0 Å². The molecular formula is C15H20N2O3. The van der Waals surface area contributed by atoms with E-state index < -0.39 is 0 Å². The fourth-order valence-electron chi connectivity index (χ4n) is 3.21. The molecule has 0 aromatic heterocycles. The highest BCUT2D eigenvalue weighted by Gasteiger charge is 2.32. The Morgan fingerprint density at radius 1 is 1.15 bits per heavy atom. The molecule has 2 N–H and O–H groups in total. The Morgan fingerprint density at radius 2 is 1.90 bits per heavy atom. The number of phenolic OH excluding ortho intramolecular Hbond substituents is 2. The van der Waals surface area contributed by atoms with Gasteiger partial charge >= 0.3 is 0 Å². The molecule has 1 unspecified atom stereocenters. The van der Waals surface area contributed by atoms with E-state index in [1.807, 2.05) is 0 Å². The Kier molecular flexibility index (Phi) is 3.53. The maximum Gasteiger partial charge on any atom is 0.257 e. The Balaban J connectivity index is 1.70. The molecule has 2 saturated heterocycles. The minimum Gasteiger partial charge on any atom is -0.504 e. The summed E-state index contributed by atoms with van der Waals surface area (Å²) in [5, 5.41) is 19.3. The Labute approximate surface area is 118 Å². The summed E-state index contributed by atoms with van der Waals surface area (Å²) in [6.07, 6.45) is 3.49. The zero-order valence-electron chi connectivity index (χ0n) is 11.5. The van der Waals surface area contributed by atoms with Crippen LogP contribution < -0.4 is 0 Å². The second kappa shape index (κ2) is 5.32.